The van der Waals surface area contributed by atoms with E-state index in [1.165, 1.54) is 11.3 Å². The van der Waals surface area contributed by atoms with Gasteiger partial charge in [-0.15, -0.1) is 11.3 Å². The highest BCUT2D eigenvalue weighted by Gasteiger charge is 2.18. The fourth-order valence-electron chi connectivity index (χ4n) is 1.82. The van der Waals surface area contributed by atoms with E-state index in [4.69, 9.17) is 0 Å². The Morgan fingerprint density at radius 1 is 1.30 bits per heavy atom. The molecule has 0 saturated carbocycles. The summed E-state index contributed by atoms with van der Waals surface area (Å²) < 4.78 is 27.4. The first kappa shape index (κ1) is 15.0. The van der Waals surface area contributed by atoms with E-state index < -0.39 is 10.0 Å². The summed E-state index contributed by atoms with van der Waals surface area (Å²) in [6.07, 6.45) is 0. The Labute approximate surface area is 123 Å². The van der Waals surface area contributed by atoms with Gasteiger partial charge in [-0.2, -0.15) is 0 Å². The maximum atomic E-state index is 12.4. The summed E-state index contributed by atoms with van der Waals surface area (Å²) in [6.45, 7) is 4.23. The van der Waals surface area contributed by atoms with Crippen LogP contribution in [0.3, 0.4) is 0 Å². The third-order valence-electron chi connectivity index (χ3n) is 2.76. The molecule has 0 spiro atoms. The summed E-state index contributed by atoms with van der Waals surface area (Å²) in [5.41, 5.74) is 2.44. The molecule has 0 bridgehead atoms. The maximum Gasteiger partial charge on any atom is 0.263 e. The van der Waals surface area contributed by atoms with Crippen LogP contribution in [0.15, 0.2) is 28.5 Å². The third-order valence-corrected chi connectivity index (χ3v) is 5.25. The molecule has 0 radical (unpaired) electrons. The smallest absolute Gasteiger partial charge is 0.263 e. The van der Waals surface area contributed by atoms with E-state index in [2.05, 4.69) is 15.0 Å². The summed E-state index contributed by atoms with van der Waals surface area (Å²) in [5, 5.41) is 5.21. The fourth-order valence-corrected chi connectivity index (χ4v) is 4.06. The zero-order chi connectivity index (χ0) is 14.8. The van der Waals surface area contributed by atoms with Gasteiger partial charge in [0, 0.05) is 11.9 Å². The van der Waals surface area contributed by atoms with Crippen molar-refractivity contribution in [3.05, 3.63) is 40.4 Å². The van der Waals surface area contributed by atoms with Gasteiger partial charge in [-0.25, -0.2) is 13.4 Å². The predicted octanol–water partition coefficient (Wildman–Crippen LogP) is 2.28. The van der Waals surface area contributed by atoms with Crippen LogP contribution in [-0.4, -0.2) is 20.4 Å². The minimum absolute atomic E-state index is 0.290. The molecule has 7 heteroatoms. The zero-order valence-electron chi connectivity index (χ0n) is 11.6. The lowest BCUT2D eigenvalue weighted by Gasteiger charge is -2.10. The van der Waals surface area contributed by atoms with Crippen molar-refractivity contribution in [2.75, 3.05) is 11.8 Å². The average Bonchev–Trinajstić information content (AvgIpc) is 2.76. The molecule has 0 saturated heterocycles. The average molecular weight is 311 g/mol. The number of anilines is 1. The molecule has 108 valence electrons. The molecule has 0 aliphatic rings. The maximum absolute atomic E-state index is 12.4. The summed E-state index contributed by atoms with van der Waals surface area (Å²) in [4.78, 5) is 4.42. The number of rotatable bonds is 5. The number of thiazole rings is 1. The quantitative estimate of drug-likeness (QED) is 0.888. The van der Waals surface area contributed by atoms with Crippen molar-refractivity contribution in [3.63, 3.8) is 0 Å². The van der Waals surface area contributed by atoms with Gasteiger partial charge in [0.2, 0.25) is 0 Å². The van der Waals surface area contributed by atoms with Crippen molar-refractivity contribution in [2.45, 2.75) is 25.3 Å². The number of aryl methyl sites for hydroxylation is 2. The van der Waals surface area contributed by atoms with Gasteiger partial charge in [0.1, 0.15) is 0 Å². The molecule has 1 aromatic carbocycles. The van der Waals surface area contributed by atoms with Crippen LogP contribution >= 0.6 is 11.3 Å². The summed E-state index contributed by atoms with van der Waals surface area (Å²) >= 11 is 1.28. The van der Waals surface area contributed by atoms with Crippen LogP contribution in [0, 0.1) is 13.8 Å². The second kappa shape index (κ2) is 5.90. The number of nitrogens with one attached hydrogen (secondary N) is 2. The van der Waals surface area contributed by atoms with Crippen molar-refractivity contribution < 1.29 is 8.42 Å². The minimum atomic E-state index is -3.60. The van der Waals surface area contributed by atoms with Crippen molar-refractivity contribution in [1.82, 2.24) is 10.3 Å². The van der Waals surface area contributed by atoms with E-state index in [0.717, 1.165) is 11.3 Å². The number of nitrogens with zero attached hydrogens (tertiary/aromatic N) is 1. The Balaban J connectivity index is 2.35. The second-order valence-electron chi connectivity index (χ2n) is 4.53. The van der Waals surface area contributed by atoms with Gasteiger partial charge < -0.3 is 5.32 Å². The molecule has 1 heterocycles. The monoisotopic (exact) mass is 311 g/mol. The van der Waals surface area contributed by atoms with E-state index in [1.807, 2.05) is 31.5 Å². The summed E-state index contributed by atoms with van der Waals surface area (Å²) in [5.74, 6) is 0. The topological polar surface area (TPSA) is 71.1 Å². The molecule has 0 atom stereocenters. The third kappa shape index (κ3) is 3.36. The van der Waals surface area contributed by atoms with Gasteiger partial charge in [-0.05, 0) is 38.1 Å². The number of hydrogen-bond donors (Lipinski definition) is 2. The first-order valence-electron chi connectivity index (χ1n) is 6.11. The standard InChI is InChI=1S/C13H17N3O2S2/c1-9-4-5-11(7-14-3)6-12(9)20(17,18)16-13-15-10(2)8-19-13/h4-6,8,14H,7H2,1-3H3,(H,15,16). The van der Waals surface area contributed by atoms with E-state index in [-0.39, 0.29) is 4.90 Å². The normalized spacial score (nSPS) is 11.6. The Kier molecular flexibility index (Phi) is 4.42. The van der Waals surface area contributed by atoms with Gasteiger partial charge in [0.15, 0.2) is 5.13 Å². The van der Waals surface area contributed by atoms with Crippen molar-refractivity contribution >= 4 is 26.5 Å². The second-order valence-corrected chi connectivity index (χ2v) is 7.04. The van der Waals surface area contributed by atoms with Crippen LogP contribution in [0.2, 0.25) is 0 Å². The van der Waals surface area contributed by atoms with Crippen LogP contribution in [0.1, 0.15) is 16.8 Å². The number of sulfonamides is 1. The first-order chi connectivity index (χ1) is 9.42. The zero-order valence-corrected chi connectivity index (χ0v) is 13.2. The highest BCUT2D eigenvalue weighted by atomic mass is 32.2. The van der Waals surface area contributed by atoms with E-state index in [9.17, 15) is 8.42 Å². The molecule has 0 aliphatic heterocycles. The first-order valence-corrected chi connectivity index (χ1v) is 8.48. The minimum Gasteiger partial charge on any atom is -0.316 e. The Morgan fingerprint density at radius 2 is 2.05 bits per heavy atom. The Morgan fingerprint density at radius 3 is 2.65 bits per heavy atom. The number of hydrogen-bond acceptors (Lipinski definition) is 5. The van der Waals surface area contributed by atoms with Crippen molar-refractivity contribution in [3.8, 4) is 0 Å². The van der Waals surface area contributed by atoms with Crippen LogP contribution in [0.4, 0.5) is 5.13 Å². The fraction of sp³-hybridized carbons (Fsp3) is 0.308. The van der Waals surface area contributed by atoms with Crippen LogP contribution in [-0.2, 0) is 16.6 Å². The van der Waals surface area contributed by atoms with Crippen molar-refractivity contribution in [2.24, 2.45) is 0 Å². The molecule has 0 unspecified atom stereocenters. The van der Waals surface area contributed by atoms with E-state index in [0.29, 0.717) is 17.2 Å². The summed E-state index contributed by atoms with van der Waals surface area (Å²) in [7, 11) is -1.78. The Hall–Kier alpha value is -1.44. The van der Waals surface area contributed by atoms with Crippen LogP contribution < -0.4 is 10.0 Å². The Bertz CT molecular complexity index is 708. The van der Waals surface area contributed by atoms with Gasteiger partial charge in [0.05, 0.1) is 10.6 Å². The number of benzene rings is 1. The predicted molar refractivity (Wildman–Crippen MR) is 81.6 cm³/mol. The largest absolute Gasteiger partial charge is 0.316 e. The molecule has 0 fully saturated rings. The van der Waals surface area contributed by atoms with Gasteiger partial charge in [-0.3, -0.25) is 4.72 Å². The molecule has 2 rings (SSSR count). The molecular formula is C13H17N3O2S2. The van der Waals surface area contributed by atoms with E-state index in [1.54, 1.807) is 13.0 Å². The molecule has 0 aliphatic carbocycles. The van der Waals surface area contributed by atoms with Crippen LogP contribution in [0.5, 0.6) is 0 Å². The lowest BCUT2D eigenvalue weighted by Crippen LogP contribution is -2.15. The molecular weight excluding hydrogens is 294 g/mol. The lowest BCUT2D eigenvalue weighted by molar-refractivity contribution is 0.600. The van der Waals surface area contributed by atoms with Crippen molar-refractivity contribution in [1.29, 1.82) is 0 Å². The molecule has 2 aromatic rings. The van der Waals surface area contributed by atoms with Gasteiger partial charge in [0.25, 0.3) is 10.0 Å². The molecule has 20 heavy (non-hydrogen) atoms. The van der Waals surface area contributed by atoms with E-state index >= 15 is 0 Å². The molecule has 0 amide bonds. The highest BCUT2D eigenvalue weighted by molar-refractivity contribution is 7.93. The molecule has 1 aromatic heterocycles. The molecule has 2 N–H and O–H groups in total. The SMILES string of the molecule is CNCc1ccc(C)c(S(=O)(=O)Nc2nc(C)cs2)c1. The van der Waals surface area contributed by atoms with Gasteiger partial charge >= 0.3 is 0 Å². The molecule has 5 nitrogen and oxygen atoms in total. The highest BCUT2D eigenvalue weighted by Crippen LogP contribution is 2.22. The lowest BCUT2D eigenvalue weighted by atomic mass is 10.1. The summed E-state index contributed by atoms with van der Waals surface area (Å²) in [6, 6.07) is 5.42. The number of aromatic nitrogens is 1. The van der Waals surface area contributed by atoms with Crippen LogP contribution in [0.25, 0.3) is 0 Å². The van der Waals surface area contributed by atoms with Gasteiger partial charge in [-0.1, -0.05) is 12.1 Å².